The molecular weight excluding hydrogens is 324 g/mol. The van der Waals surface area contributed by atoms with E-state index >= 15 is 0 Å². The number of fused-ring (bicyclic) bond motifs is 2. The van der Waals surface area contributed by atoms with Gasteiger partial charge in [-0.2, -0.15) is 10.5 Å². The Hall–Kier alpha value is -3.44. The third-order valence-corrected chi connectivity index (χ3v) is 5.35. The summed E-state index contributed by atoms with van der Waals surface area (Å²) in [6.45, 7) is 0. The number of nitrogens with one attached hydrogen (secondary N) is 1. The van der Waals surface area contributed by atoms with Crippen LogP contribution in [0.25, 0.3) is 10.9 Å². The number of amides is 1. The predicted molar refractivity (Wildman–Crippen MR) is 96.3 cm³/mol. The zero-order valence-corrected chi connectivity index (χ0v) is 14.0. The first-order valence-electron chi connectivity index (χ1n) is 8.49. The molecule has 0 bridgehead atoms. The molecule has 3 unspecified atom stereocenters. The number of para-hydroxylation sites is 1. The Morgan fingerprint density at radius 2 is 1.88 bits per heavy atom. The van der Waals surface area contributed by atoms with Gasteiger partial charge in [0.2, 0.25) is 5.91 Å². The standard InChI is InChI=1S/C21H16N4O/c22-12-15(13-23)21(17-6-2-4-8-19(17)25-20(21)26)11-16-10-9-14-5-1-3-7-18(14)24-16/h1-10,15,17,19H,11H2,(H,25,26). The van der Waals surface area contributed by atoms with E-state index in [1.165, 1.54) is 0 Å². The topological polar surface area (TPSA) is 89.6 Å². The van der Waals surface area contributed by atoms with Gasteiger partial charge in [0.15, 0.2) is 0 Å². The van der Waals surface area contributed by atoms with Crippen LogP contribution in [-0.2, 0) is 11.2 Å². The highest BCUT2D eigenvalue weighted by atomic mass is 16.2. The van der Waals surface area contributed by atoms with E-state index in [1.54, 1.807) is 0 Å². The van der Waals surface area contributed by atoms with Gasteiger partial charge < -0.3 is 5.32 Å². The lowest BCUT2D eigenvalue weighted by Gasteiger charge is -2.33. The summed E-state index contributed by atoms with van der Waals surface area (Å²) in [5.41, 5.74) is 0.392. The summed E-state index contributed by atoms with van der Waals surface area (Å²) >= 11 is 0. The van der Waals surface area contributed by atoms with Crippen LogP contribution in [0.1, 0.15) is 5.69 Å². The van der Waals surface area contributed by atoms with E-state index in [9.17, 15) is 15.3 Å². The minimum absolute atomic E-state index is 0.197. The summed E-state index contributed by atoms with van der Waals surface area (Å²) in [4.78, 5) is 17.6. The first kappa shape index (κ1) is 16.1. The van der Waals surface area contributed by atoms with Crippen LogP contribution in [0.4, 0.5) is 0 Å². The Balaban J connectivity index is 1.82. The fourth-order valence-electron chi connectivity index (χ4n) is 4.06. The number of nitrogens with zero attached hydrogens (tertiary/aromatic N) is 3. The van der Waals surface area contributed by atoms with Gasteiger partial charge in [-0.1, -0.05) is 48.6 Å². The average Bonchev–Trinajstić information content (AvgIpc) is 2.95. The van der Waals surface area contributed by atoms with Crippen LogP contribution in [-0.4, -0.2) is 16.9 Å². The molecule has 4 rings (SSSR count). The van der Waals surface area contributed by atoms with E-state index < -0.39 is 11.3 Å². The van der Waals surface area contributed by atoms with Crippen molar-refractivity contribution in [2.45, 2.75) is 12.5 Å². The summed E-state index contributed by atoms with van der Waals surface area (Å²) in [7, 11) is 0. The lowest BCUT2D eigenvalue weighted by atomic mass is 9.63. The van der Waals surface area contributed by atoms with Crippen molar-refractivity contribution in [2.24, 2.45) is 17.3 Å². The van der Waals surface area contributed by atoms with Crippen molar-refractivity contribution in [3.8, 4) is 12.1 Å². The van der Waals surface area contributed by atoms with E-state index in [1.807, 2.05) is 72.8 Å². The van der Waals surface area contributed by atoms with E-state index in [0.717, 1.165) is 10.9 Å². The highest BCUT2D eigenvalue weighted by Crippen LogP contribution is 2.47. The summed E-state index contributed by atoms with van der Waals surface area (Å²) in [6.07, 6.45) is 7.82. The molecule has 26 heavy (non-hydrogen) atoms. The molecule has 2 heterocycles. The first-order valence-corrected chi connectivity index (χ1v) is 8.49. The second-order valence-electron chi connectivity index (χ2n) is 6.70. The molecule has 1 N–H and O–H groups in total. The predicted octanol–water partition coefficient (Wildman–Crippen LogP) is 2.67. The summed E-state index contributed by atoms with van der Waals surface area (Å²) in [6, 6.07) is 15.5. The van der Waals surface area contributed by atoms with Gasteiger partial charge in [0, 0.05) is 23.4 Å². The van der Waals surface area contributed by atoms with Crippen molar-refractivity contribution in [2.75, 3.05) is 0 Å². The van der Waals surface area contributed by atoms with Crippen molar-refractivity contribution in [1.82, 2.24) is 10.3 Å². The molecule has 2 aromatic rings. The van der Waals surface area contributed by atoms with Gasteiger partial charge in [0.05, 0.1) is 29.1 Å². The third-order valence-electron chi connectivity index (χ3n) is 5.35. The Kier molecular flexibility index (Phi) is 3.78. The van der Waals surface area contributed by atoms with Gasteiger partial charge in [-0.3, -0.25) is 9.78 Å². The van der Waals surface area contributed by atoms with Gasteiger partial charge in [0.25, 0.3) is 0 Å². The largest absolute Gasteiger partial charge is 0.349 e. The Morgan fingerprint density at radius 1 is 1.12 bits per heavy atom. The summed E-state index contributed by atoms with van der Waals surface area (Å²) in [5.74, 6) is -1.56. The molecular formula is C21H16N4O. The summed E-state index contributed by atoms with van der Waals surface area (Å²) < 4.78 is 0. The zero-order valence-electron chi connectivity index (χ0n) is 14.0. The molecule has 1 aliphatic heterocycles. The van der Waals surface area contributed by atoms with Gasteiger partial charge in [-0.05, 0) is 12.1 Å². The van der Waals surface area contributed by atoms with Crippen LogP contribution < -0.4 is 5.32 Å². The number of aromatic nitrogens is 1. The maximum atomic E-state index is 13.0. The highest BCUT2D eigenvalue weighted by Gasteiger charge is 2.59. The minimum atomic E-state index is -1.15. The monoisotopic (exact) mass is 340 g/mol. The molecule has 1 amide bonds. The van der Waals surface area contributed by atoms with Crippen LogP contribution >= 0.6 is 0 Å². The fraction of sp³-hybridized carbons (Fsp3) is 0.238. The van der Waals surface area contributed by atoms with Crippen LogP contribution in [0.15, 0.2) is 60.7 Å². The van der Waals surface area contributed by atoms with E-state index in [0.29, 0.717) is 5.69 Å². The van der Waals surface area contributed by atoms with Crippen molar-refractivity contribution in [3.63, 3.8) is 0 Å². The molecule has 3 atom stereocenters. The van der Waals surface area contributed by atoms with Crippen LogP contribution in [0.3, 0.4) is 0 Å². The molecule has 0 spiro atoms. The zero-order chi connectivity index (χ0) is 18.1. The number of carbonyl (C=O) groups is 1. The molecule has 0 saturated carbocycles. The van der Waals surface area contributed by atoms with Crippen LogP contribution in [0.2, 0.25) is 0 Å². The van der Waals surface area contributed by atoms with E-state index in [4.69, 9.17) is 0 Å². The Morgan fingerprint density at radius 3 is 2.69 bits per heavy atom. The minimum Gasteiger partial charge on any atom is -0.349 e. The normalized spacial score (nSPS) is 26.3. The highest BCUT2D eigenvalue weighted by molar-refractivity contribution is 5.88. The number of hydrogen-bond donors (Lipinski definition) is 1. The van der Waals surface area contributed by atoms with E-state index in [2.05, 4.69) is 10.3 Å². The lowest BCUT2D eigenvalue weighted by Crippen LogP contribution is -2.43. The van der Waals surface area contributed by atoms with E-state index in [-0.39, 0.29) is 24.3 Å². The maximum Gasteiger partial charge on any atom is 0.230 e. The smallest absolute Gasteiger partial charge is 0.230 e. The van der Waals surface area contributed by atoms with Crippen molar-refractivity contribution >= 4 is 16.8 Å². The number of rotatable bonds is 3. The second-order valence-corrected chi connectivity index (χ2v) is 6.70. The summed E-state index contributed by atoms with van der Waals surface area (Å²) in [5, 5.41) is 23.1. The molecule has 2 aliphatic rings. The van der Waals surface area contributed by atoms with Crippen molar-refractivity contribution < 1.29 is 4.79 Å². The van der Waals surface area contributed by atoms with Crippen molar-refractivity contribution in [3.05, 3.63) is 66.4 Å². The molecule has 0 radical (unpaired) electrons. The van der Waals surface area contributed by atoms with Gasteiger partial charge in [-0.15, -0.1) is 0 Å². The molecule has 1 saturated heterocycles. The molecule has 1 aliphatic carbocycles. The first-order chi connectivity index (χ1) is 12.7. The van der Waals surface area contributed by atoms with Crippen LogP contribution in [0, 0.1) is 39.9 Å². The average molecular weight is 340 g/mol. The number of hydrogen-bond acceptors (Lipinski definition) is 4. The molecule has 5 nitrogen and oxygen atoms in total. The van der Waals surface area contributed by atoms with Gasteiger partial charge in [0.1, 0.15) is 5.92 Å². The number of nitriles is 2. The second kappa shape index (κ2) is 6.13. The molecule has 1 fully saturated rings. The van der Waals surface area contributed by atoms with Crippen molar-refractivity contribution in [1.29, 1.82) is 10.5 Å². The molecule has 1 aromatic heterocycles. The molecule has 5 heteroatoms. The number of allylic oxidation sites excluding steroid dienone is 2. The van der Waals surface area contributed by atoms with Crippen LogP contribution in [0.5, 0.6) is 0 Å². The van der Waals surface area contributed by atoms with Gasteiger partial charge >= 0.3 is 0 Å². The molecule has 126 valence electrons. The maximum absolute atomic E-state index is 13.0. The molecule has 1 aromatic carbocycles. The number of pyridine rings is 1. The fourth-order valence-corrected chi connectivity index (χ4v) is 4.06. The number of carbonyl (C=O) groups excluding carboxylic acids is 1. The Labute approximate surface area is 151 Å². The Bertz CT molecular complexity index is 1010. The quantitative estimate of drug-likeness (QED) is 0.930. The lowest BCUT2D eigenvalue weighted by molar-refractivity contribution is -0.129. The van der Waals surface area contributed by atoms with Gasteiger partial charge in [-0.25, -0.2) is 0 Å². The third kappa shape index (κ3) is 2.29. The number of benzene rings is 1. The SMILES string of the molecule is N#CC(C#N)C1(Cc2ccc3ccccc3n2)C(=O)NC2C=CC=CC21.